The van der Waals surface area contributed by atoms with Crippen LogP contribution >= 0.6 is 24.0 Å². The van der Waals surface area contributed by atoms with Gasteiger partial charge in [0.05, 0.1) is 0 Å². The maximum absolute atomic E-state index is 12.3. The van der Waals surface area contributed by atoms with Gasteiger partial charge in [-0.1, -0.05) is 37.6 Å². The standard InChI is InChI=1S/C19H27ClN2O.ClH/c1-19(2,14-3-5-15(20)6-4-14)12-21-18(23)11-13-9-16-7-8-17(10-13)22-16;/h3-6,13,16-17,22H,7-12H2,1-2H3,(H,21,23);1H. The molecule has 2 heterocycles. The Morgan fingerprint density at radius 2 is 1.79 bits per heavy atom. The molecule has 2 saturated heterocycles. The highest BCUT2D eigenvalue weighted by molar-refractivity contribution is 6.30. The van der Waals surface area contributed by atoms with Gasteiger partial charge in [0, 0.05) is 35.5 Å². The number of carbonyl (C=O) groups excluding carboxylic acids is 1. The number of hydrogen-bond acceptors (Lipinski definition) is 2. The van der Waals surface area contributed by atoms with Crippen LogP contribution in [-0.4, -0.2) is 24.5 Å². The van der Waals surface area contributed by atoms with Crippen LogP contribution in [0.5, 0.6) is 0 Å². The quantitative estimate of drug-likeness (QED) is 0.819. The van der Waals surface area contributed by atoms with Crippen molar-refractivity contribution in [2.45, 2.75) is 63.5 Å². The molecule has 0 aliphatic carbocycles. The van der Waals surface area contributed by atoms with Crippen molar-refractivity contribution in [3.05, 3.63) is 34.9 Å². The van der Waals surface area contributed by atoms with Crippen LogP contribution in [0.1, 0.15) is 51.5 Å². The lowest BCUT2D eigenvalue weighted by molar-refractivity contribution is -0.122. The Bertz CT molecular complexity index is 547. The van der Waals surface area contributed by atoms with Crippen LogP contribution in [0, 0.1) is 5.92 Å². The molecule has 2 unspecified atom stereocenters. The first kappa shape index (κ1) is 19.6. The molecule has 1 aromatic rings. The van der Waals surface area contributed by atoms with E-state index in [4.69, 9.17) is 11.6 Å². The van der Waals surface area contributed by atoms with Gasteiger partial charge in [-0.15, -0.1) is 12.4 Å². The van der Waals surface area contributed by atoms with Crippen LogP contribution in [0.25, 0.3) is 0 Å². The van der Waals surface area contributed by atoms with E-state index in [0.29, 0.717) is 31.0 Å². The molecule has 3 rings (SSSR count). The minimum absolute atomic E-state index is 0. The van der Waals surface area contributed by atoms with Crippen molar-refractivity contribution in [1.29, 1.82) is 0 Å². The lowest BCUT2D eigenvalue weighted by atomic mass is 9.84. The molecular formula is C19H28Cl2N2O. The fraction of sp³-hybridized carbons (Fsp3) is 0.632. The van der Waals surface area contributed by atoms with E-state index in [2.05, 4.69) is 24.5 Å². The third-order valence-electron chi connectivity index (χ3n) is 5.40. The zero-order valence-corrected chi connectivity index (χ0v) is 16.1. The summed E-state index contributed by atoms with van der Waals surface area (Å²) < 4.78 is 0. The predicted octanol–water partition coefficient (Wildman–Crippen LogP) is 4.08. The lowest BCUT2D eigenvalue weighted by Gasteiger charge is -2.30. The second-order valence-corrected chi connectivity index (χ2v) is 8.28. The van der Waals surface area contributed by atoms with Gasteiger partial charge >= 0.3 is 0 Å². The SMILES string of the molecule is CC(C)(CNC(=O)CC1CC2CCC(C1)N2)c1ccc(Cl)cc1.Cl. The van der Waals surface area contributed by atoms with Crippen molar-refractivity contribution in [1.82, 2.24) is 10.6 Å². The molecule has 1 aromatic carbocycles. The highest BCUT2D eigenvalue weighted by Crippen LogP contribution is 2.32. The average molecular weight is 371 g/mol. The van der Waals surface area contributed by atoms with Gasteiger partial charge in [-0.2, -0.15) is 0 Å². The van der Waals surface area contributed by atoms with Crippen molar-refractivity contribution < 1.29 is 4.79 Å². The molecule has 1 amide bonds. The Morgan fingerprint density at radius 3 is 2.38 bits per heavy atom. The Kier molecular flexibility index (Phi) is 6.58. The van der Waals surface area contributed by atoms with Crippen LogP contribution in [0.4, 0.5) is 0 Å². The summed E-state index contributed by atoms with van der Waals surface area (Å²) in [7, 11) is 0. The Balaban J connectivity index is 0.00000208. The summed E-state index contributed by atoms with van der Waals surface area (Å²) in [6.07, 6.45) is 5.55. The van der Waals surface area contributed by atoms with E-state index >= 15 is 0 Å². The second kappa shape index (κ2) is 8.07. The number of benzene rings is 1. The van der Waals surface area contributed by atoms with Gasteiger partial charge in [-0.3, -0.25) is 4.79 Å². The summed E-state index contributed by atoms with van der Waals surface area (Å²) in [6.45, 7) is 4.97. The van der Waals surface area contributed by atoms with Gasteiger partial charge in [0.1, 0.15) is 0 Å². The summed E-state index contributed by atoms with van der Waals surface area (Å²) in [5.74, 6) is 0.741. The van der Waals surface area contributed by atoms with Crippen LogP contribution in [0.2, 0.25) is 5.02 Å². The van der Waals surface area contributed by atoms with Crippen molar-refractivity contribution in [2.75, 3.05) is 6.54 Å². The Labute approximate surface area is 156 Å². The molecule has 2 aliphatic rings. The maximum atomic E-state index is 12.3. The molecule has 0 saturated carbocycles. The fourth-order valence-corrected chi connectivity index (χ4v) is 4.12. The lowest BCUT2D eigenvalue weighted by Crippen LogP contribution is -2.41. The molecule has 2 N–H and O–H groups in total. The summed E-state index contributed by atoms with van der Waals surface area (Å²) in [5, 5.41) is 7.52. The highest BCUT2D eigenvalue weighted by Gasteiger charge is 2.34. The van der Waals surface area contributed by atoms with E-state index in [1.54, 1.807) is 0 Å². The number of nitrogens with one attached hydrogen (secondary N) is 2. The second-order valence-electron chi connectivity index (χ2n) is 7.85. The van der Waals surface area contributed by atoms with E-state index in [1.807, 2.05) is 24.3 Å². The van der Waals surface area contributed by atoms with Gasteiger partial charge in [-0.25, -0.2) is 0 Å². The molecular weight excluding hydrogens is 343 g/mol. The van der Waals surface area contributed by atoms with E-state index in [1.165, 1.54) is 18.4 Å². The summed E-state index contributed by atoms with van der Waals surface area (Å²) >= 11 is 5.95. The number of halogens is 2. The van der Waals surface area contributed by atoms with Crippen molar-refractivity contribution in [3.63, 3.8) is 0 Å². The molecule has 0 aromatic heterocycles. The summed E-state index contributed by atoms with van der Waals surface area (Å²) in [5.41, 5.74) is 1.11. The van der Waals surface area contributed by atoms with Crippen molar-refractivity contribution in [3.8, 4) is 0 Å². The van der Waals surface area contributed by atoms with Gasteiger partial charge < -0.3 is 10.6 Å². The largest absolute Gasteiger partial charge is 0.355 e. The third-order valence-corrected chi connectivity index (χ3v) is 5.65. The fourth-order valence-electron chi connectivity index (χ4n) is 4.00. The number of hydrogen-bond donors (Lipinski definition) is 2. The van der Waals surface area contributed by atoms with Crippen LogP contribution in [-0.2, 0) is 10.2 Å². The van der Waals surface area contributed by atoms with Crippen molar-refractivity contribution in [2.24, 2.45) is 5.92 Å². The monoisotopic (exact) mass is 370 g/mol. The minimum Gasteiger partial charge on any atom is -0.355 e. The van der Waals surface area contributed by atoms with Gasteiger partial charge in [0.15, 0.2) is 0 Å². The zero-order valence-electron chi connectivity index (χ0n) is 14.5. The zero-order chi connectivity index (χ0) is 16.4. The number of carbonyl (C=O) groups is 1. The Morgan fingerprint density at radius 1 is 1.21 bits per heavy atom. The maximum Gasteiger partial charge on any atom is 0.220 e. The smallest absolute Gasteiger partial charge is 0.220 e. The van der Waals surface area contributed by atoms with Gasteiger partial charge in [0.25, 0.3) is 0 Å². The Hall–Kier alpha value is -0.770. The average Bonchev–Trinajstić information content (AvgIpc) is 2.85. The topological polar surface area (TPSA) is 41.1 Å². The number of piperidine rings is 1. The molecule has 2 aliphatic heterocycles. The van der Waals surface area contributed by atoms with Crippen LogP contribution in [0.3, 0.4) is 0 Å². The molecule has 2 atom stereocenters. The van der Waals surface area contributed by atoms with E-state index < -0.39 is 0 Å². The minimum atomic E-state index is -0.0899. The molecule has 134 valence electrons. The third kappa shape index (κ3) is 4.87. The first-order chi connectivity index (χ1) is 10.9. The molecule has 2 fully saturated rings. The highest BCUT2D eigenvalue weighted by atomic mass is 35.5. The molecule has 24 heavy (non-hydrogen) atoms. The molecule has 2 bridgehead atoms. The van der Waals surface area contributed by atoms with Crippen LogP contribution < -0.4 is 10.6 Å². The number of amides is 1. The first-order valence-electron chi connectivity index (χ1n) is 8.71. The molecule has 3 nitrogen and oxygen atoms in total. The molecule has 0 spiro atoms. The van der Waals surface area contributed by atoms with Gasteiger partial charge in [-0.05, 0) is 49.3 Å². The van der Waals surface area contributed by atoms with Gasteiger partial charge in [0.2, 0.25) is 5.91 Å². The summed E-state index contributed by atoms with van der Waals surface area (Å²) in [4.78, 5) is 12.3. The molecule has 5 heteroatoms. The number of rotatable bonds is 5. The van der Waals surface area contributed by atoms with E-state index in [9.17, 15) is 4.79 Å². The van der Waals surface area contributed by atoms with E-state index in [0.717, 1.165) is 17.9 Å². The first-order valence-corrected chi connectivity index (χ1v) is 9.09. The normalized spacial score (nSPS) is 25.9. The molecule has 0 radical (unpaired) electrons. The van der Waals surface area contributed by atoms with E-state index in [-0.39, 0.29) is 23.7 Å². The number of fused-ring (bicyclic) bond motifs is 2. The summed E-state index contributed by atoms with van der Waals surface area (Å²) in [6, 6.07) is 9.20. The van der Waals surface area contributed by atoms with Crippen molar-refractivity contribution >= 4 is 29.9 Å². The predicted molar refractivity (Wildman–Crippen MR) is 102 cm³/mol. The van der Waals surface area contributed by atoms with Crippen LogP contribution in [0.15, 0.2) is 24.3 Å².